The number of imidazole rings is 1. The molecule has 0 unspecified atom stereocenters. The van der Waals surface area contributed by atoms with Gasteiger partial charge in [0.15, 0.2) is 5.82 Å². The minimum atomic E-state index is -0.357. The molecule has 1 aliphatic heterocycles. The molecule has 25 heavy (non-hydrogen) atoms. The first-order chi connectivity index (χ1) is 12.1. The zero-order valence-electron chi connectivity index (χ0n) is 14.0. The molecular weight excluding hydrogens is 321 g/mol. The fraction of sp³-hybridized carbons (Fsp3) is 0.278. The van der Waals surface area contributed by atoms with E-state index in [9.17, 15) is 9.18 Å². The topological polar surface area (TPSA) is 63.1 Å². The van der Waals surface area contributed by atoms with Crippen molar-refractivity contribution in [2.24, 2.45) is 7.05 Å². The quantitative estimate of drug-likeness (QED) is 0.796. The summed E-state index contributed by atoms with van der Waals surface area (Å²) in [4.78, 5) is 22.5. The number of hydrogen-bond donors (Lipinski definition) is 1. The highest BCUT2D eigenvalue weighted by Gasteiger charge is 2.39. The number of carbonyl (C=O) groups excluding carboxylic acids is 1. The van der Waals surface area contributed by atoms with E-state index in [2.05, 4.69) is 15.3 Å². The molecule has 128 valence electrons. The van der Waals surface area contributed by atoms with Crippen molar-refractivity contribution in [3.05, 3.63) is 54.1 Å². The Balaban J connectivity index is 1.71. The molecule has 0 saturated carbocycles. The van der Waals surface area contributed by atoms with Gasteiger partial charge in [0.2, 0.25) is 11.9 Å². The lowest BCUT2D eigenvalue weighted by molar-refractivity contribution is -0.127. The molecule has 1 aromatic carbocycles. The summed E-state index contributed by atoms with van der Waals surface area (Å²) in [5.41, 5.74) is 1.99. The van der Waals surface area contributed by atoms with E-state index in [4.69, 9.17) is 0 Å². The molecule has 0 aliphatic carbocycles. The monoisotopic (exact) mass is 339 g/mol. The average molecular weight is 339 g/mol. The fourth-order valence-electron chi connectivity index (χ4n) is 3.48. The Morgan fingerprint density at radius 3 is 2.80 bits per heavy atom. The van der Waals surface area contributed by atoms with E-state index >= 15 is 0 Å². The number of anilines is 1. The van der Waals surface area contributed by atoms with Crippen LogP contribution in [0.2, 0.25) is 0 Å². The number of aryl methyl sites for hydroxylation is 1. The predicted octanol–water partition coefficient (Wildman–Crippen LogP) is 2.49. The summed E-state index contributed by atoms with van der Waals surface area (Å²) < 4.78 is 15.8. The number of nitrogens with zero attached hydrogens (tertiary/aromatic N) is 4. The summed E-state index contributed by atoms with van der Waals surface area (Å²) >= 11 is 0. The van der Waals surface area contributed by atoms with E-state index in [0.717, 1.165) is 5.56 Å². The second-order valence-electron chi connectivity index (χ2n) is 6.29. The smallest absolute Gasteiger partial charge is 0.225 e. The summed E-state index contributed by atoms with van der Waals surface area (Å²) in [6, 6.07) is 8.37. The Morgan fingerprint density at radius 1 is 1.24 bits per heavy atom. The number of amides is 1. The average Bonchev–Trinajstić information content (AvgIpc) is 3.08. The lowest BCUT2D eigenvalue weighted by Crippen LogP contribution is -2.30. The standard InChI is InChI=1S/C18H18FN5O/c1-23-14-7-3-6-12(19)16(14)22-18(23)21-13-9-15(25)24(2)17(13)11-5-4-8-20-10-11/h3-8,10,13,17H,9H2,1-2H3,(H,21,22)/t13-,17+/m1/s1. The van der Waals surface area contributed by atoms with Gasteiger partial charge in [0.25, 0.3) is 0 Å². The second kappa shape index (κ2) is 5.84. The van der Waals surface area contributed by atoms with Crippen LogP contribution in [0.5, 0.6) is 0 Å². The minimum Gasteiger partial charge on any atom is -0.350 e. The largest absolute Gasteiger partial charge is 0.350 e. The molecule has 1 saturated heterocycles. The molecule has 7 heteroatoms. The first-order valence-corrected chi connectivity index (χ1v) is 8.09. The molecule has 1 fully saturated rings. The molecule has 1 amide bonds. The summed E-state index contributed by atoms with van der Waals surface area (Å²) in [7, 11) is 3.62. The summed E-state index contributed by atoms with van der Waals surface area (Å²) in [5.74, 6) is 0.239. The molecule has 2 atom stereocenters. The number of aromatic nitrogens is 3. The van der Waals surface area contributed by atoms with Crippen LogP contribution in [-0.2, 0) is 11.8 Å². The number of nitrogens with one attached hydrogen (secondary N) is 1. The molecule has 4 rings (SSSR count). The number of pyridine rings is 1. The van der Waals surface area contributed by atoms with E-state index in [1.165, 1.54) is 6.07 Å². The molecule has 3 aromatic rings. The summed E-state index contributed by atoms with van der Waals surface area (Å²) in [5, 5.41) is 3.33. The van der Waals surface area contributed by atoms with Gasteiger partial charge >= 0.3 is 0 Å². The maximum absolute atomic E-state index is 14.0. The molecule has 1 aliphatic rings. The Hall–Kier alpha value is -2.96. The predicted molar refractivity (Wildman–Crippen MR) is 92.4 cm³/mol. The highest BCUT2D eigenvalue weighted by molar-refractivity contribution is 5.82. The molecular formula is C18H18FN5O. The van der Waals surface area contributed by atoms with Crippen molar-refractivity contribution in [2.45, 2.75) is 18.5 Å². The van der Waals surface area contributed by atoms with Crippen LogP contribution in [0, 0.1) is 5.82 Å². The van der Waals surface area contributed by atoms with E-state index in [0.29, 0.717) is 23.4 Å². The van der Waals surface area contributed by atoms with Gasteiger partial charge in [0.1, 0.15) is 5.52 Å². The minimum absolute atomic E-state index is 0.0521. The molecule has 0 radical (unpaired) electrons. The zero-order chi connectivity index (χ0) is 17.6. The van der Waals surface area contributed by atoms with Crippen LogP contribution in [0.1, 0.15) is 18.0 Å². The molecule has 6 nitrogen and oxygen atoms in total. The van der Waals surface area contributed by atoms with Gasteiger partial charge in [0.05, 0.1) is 17.6 Å². The first-order valence-electron chi connectivity index (χ1n) is 8.09. The third-order valence-electron chi connectivity index (χ3n) is 4.79. The van der Waals surface area contributed by atoms with Crippen LogP contribution in [0.25, 0.3) is 11.0 Å². The fourth-order valence-corrected chi connectivity index (χ4v) is 3.48. The molecule has 0 bridgehead atoms. The van der Waals surface area contributed by atoms with Crippen LogP contribution in [0.4, 0.5) is 10.3 Å². The number of para-hydroxylation sites is 1. The van der Waals surface area contributed by atoms with Crippen LogP contribution in [-0.4, -0.2) is 38.4 Å². The van der Waals surface area contributed by atoms with Gasteiger partial charge in [-0.25, -0.2) is 9.37 Å². The van der Waals surface area contributed by atoms with Crippen molar-refractivity contribution in [2.75, 3.05) is 12.4 Å². The highest BCUT2D eigenvalue weighted by atomic mass is 19.1. The van der Waals surface area contributed by atoms with Gasteiger partial charge < -0.3 is 14.8 Å². The Labute approximate surface area is 144 Å². The number of benzene rings is 1. The van der Waals surface area contributed by atoms with Crippen molar-refractivity contribution >= 4 is 22.9 Å². The maximum atomic E-state index is 14.0. The normalized spacial score (nSPS) is 20.4. The number of rotatable bonds is 3. The number of carbonyl (C=O) groups is 1. The number of likely N-dealkylation sites (N-methyl/N-ethyl adjacent to an activating group) is 1. The highest BCUT2D eigenvalue weighted by Crippen LogP contribution is 2.34. The second-order valence-corrected chi connectivity index (χ2v) is 6.29. The lowest BCUT2D eigenvalue weighted by atomic mass is 10.0. The van der Waals surface area contributed by atoms with Gasteiger partial charge in [-0.15, -0.1) is 0 Å². The van der Waals surface area contributed by atoms with Crippen LogP contribution in [0.3, 0.4) is 0 Å². The van der Waals surface area contributed by atoms with E-state index < -0.39 is 0 Å². The van der Waals surface area contributed by atoms with Gasteiger partial charge in [-0.05, 0) is 23.8 Å². The lowest BCUT2D eigenvalue weighted by Gasteiger charge is -2.25. The van der Waals surface area contributed by atoms with Gasteiger partial charge in [-0.2, -0.15) is 0 Å². The molecule has 3 heterocycles. The van der Waals surface area contributed by atoms with Crippen molar-refractivity contribution in [1.82, 2.24) is 19.4 Å². The van der Waals surface area contributed by atoms with Crippen molar-refractivity contribution in [3.63, 3.8) is 0 Å². The Bertz CT molecular complexity index is 939. The van der Waals surface area contributed by atoms with Crippen LogP contribution >= 0.6 is 0 Å². The summed E-state index contributed by atoms with van der Waals surface area (Å²) in [6.45, 7) is 0. The van der Waals surface area contributed by atoms with Crippen LogP contribution in [0.15, 0.2) is 42.7 Å². The van der Waals surface area contributed by atoms with E-state index in [1.54, 1.807) is 30.4 Å². The Morgan fingerprint density at radius 2 is 2.08 bits per heavy atom. The van der Waals surface area contributed by atoms with E-state index in [-0.39, 0.29) is 23.8 Å². The SMILES string of the molecule is CN1C(=O)C[C@@H](Nc2nc3c(F)cccc3n2C)[C@@H]1c1cccnc1. The Kier molecular flexibility index (Phi) is 3.63. The van der Waals surface area contributed by atoms with Crippen molar-refractivity contribution < 1.29 is 9.18 Å². The van der Waals surface area contributed by atoms with Crippen molar-refractivity contribution in [3.8, 4) is 0 Å². The molecule has 0 spiro atoms. The number of halogens is 1. The van der Waals surface area contributed by atoms with Gasteiger partial charge in [-0.1, -0.05) is 12.1 Å². The number of hydrogen-bond acceptors (Lipinski definition) is 4. The maximum Gasteiger partial charge on any atom is 0.225 e. The van der Waals surface area contributed by atoms with Gasteiger partial charge in [0, 0.05) is 32.9 Å². The third kappa shape index (κ3) is 2.52. The van der Waals surface area contributed by atoms with Gasteiger partial charge in [-0.3, -0.25) is 9.78 Å². The van der Waals surface area contributed by atoms with Crippen molar-refractivity contribution in [1.29, 1.82) is 0 Å². The molecule has 1 N–H and O–H groups in total. The summed E-state index contributed by atoms with van der Waals surface area (Å²) in [6.07, 6.45) is 3.82. The third-order valence-corrected chi connectivity index (χ3v) is 4.79. The zero-order valence-corrected chi connectivity index (χ0v) is 14.0. The van der Waals surface area contributed by atoms with Crippen LogP contribution < -0.4 is 5.32 Å². The van der Waals surface area contributed by atoms with E-state index in [1.807, 2.05) is 29.8 Å². The first kappa shape index (κ1) is 15.6. The molecule has 2 aromatic heterocycles. The number of likely N-dealkylation sites (tertiary alicyclic amines) is 1. The number of fused-ring (bicyclic) bond motifs is 1.